The Kier molecular flexibility index (Phi) is 4.56. The van der Waals surface area contributed by atoms with Crippen molar-refractivity contribution < 1.29 is 0 Å². The van der Waals surface area contributed by atoms with Gasteiger partial charge in [0.25, 0.3) is 0 Å². The number of halogens is 1. The van der Waals surface area contributed by atoms with Gasteiger partial charge in [0.1, 0.15) is 0 Å². The first-order valence-corrected chi connectivity index (χ1v) is 6.58. The summed E-state index contributed by atoms with van der Waals surface area (Å²) in [6.45, 7) is 0.834. The van der Waals surface area contributed by atoms with Crippen LogP contribution in [0.4, 0.5) is 0 Å². The van der Waals surface area contributed by atoms with E-state index in [1.807, 2.05) is 30.3 Å². The third-order valence-corrected chi connectivity index (χ3v) is 3.47. The lowest BCUT2D eigenvalue weighted by Gasteiger charge is -2.14. The second-order valence-corrected chi connectivity index (χ2v) is 5.00. The molecule has 0 saturated heterocycles. The summed E-state index contributed by atoms with van der Waals surface area (Å²) in [5.74, 6) is 0.270. The lowest BCUT2D eigenvalue weighted by molar-refractivity contribution is 0.678. The fourth-order valence-electron chi connectivity index (χ4n) is 1.61. The molecular weight excluding hydrogens is 249 g/mol. The third-order valence-electron chi connectivity index (χ3n) is 2.60. The minimum Gasteiger partial charge on any atom is -0.303 e. The zero-order chi connectivity index (χ0) is 12.1. The summed E-state index contributed by atoms with van der Waals surface area (Å²) in [5.41, 5.74) is 2.50. The van der Waals surface area contributed by atoms with Crippen LogP contribution < -0.4 is 5.32 Å². The maximum atomic E-state index is 5.85. The second kappa shape index (κ2) is 6.16. The molecule has 0 fully saturated rings. The fourth-order valence-corrected chi connectivity index (χ4v) is 2.07. The smallest absolute Gasteiger partial charge is 0.0466 e. The number of nitrogens with one attached hydrogen (secondary N) is 1. The van der Waals surface area contributed by atoms with Crippen molar-refractivity contribution >= 4 is 20.8 Å². The van der Waals surface area contributed by atoms with Gasteiger partial charge < -0.3 is 5.32 Å². The molecule has 0 aliphatic rings. The number of hydrogen-bond acceptors (Lipinski definition) is 1. The maximum absolute atomic E-state index is 5.85. The Hall–Kier alpha value is -0.880. The van der Waals surface area contributed by atoms with E-state index in [1.165, 1.54) is 11.1 Å². The van der Waals surface area contributed by atoms with Gasteiger partial charge in [-0.3, -0.25) is 0 Å². The summed E-state index contributed by atoms with van der Waals surface area (Å²) in [7, 11) is 2.82. The molecule has 0 heterocycles. The molecule has 0 aromatic heterocycles. The fraction of sp³-hybridized carbons (Fsp3) is 0.143. The van der Waals surface area contributed by atoms with E-state index < -0.39 is 0 Å². The molecule has 2 unspecified atom stereocenters. The molecule has 3 heteroatoms. The molecule has 2 rings (SSSR count). The summed E-state index contributed by atoms with van der Waals surface area (Å²) in [6, 6.07) is 18.3. The quantitative estimate of drug-likeness (QED) is 0.822. The summed E-state index contributed by atoms with van der Waals surface area (Å²) in [6.07, 6.45) is 0. The van der Waals surface area contributed by atoms with Crippen molar-refractivity contribution in [3.05, 3.63) is 70.7 Å². The Morgan fingerprint density at radius 1 is 1.00 bits per heavy atom. The third kappa shape index (κ3) is 3.81. The van der Waals surface area contributed by atoms with Gasteiger partial charge in [0.05, 0.1) is 0 Å². The Labute approximate surface area is 109 Å². The summed E-state index contributed by atoms with van der Waals surface area (Å²) in [5, 5.41) is 4.23. The van der Waals surface area contributed by atoms with Gasteiger partial charge in [-0.2, -0.15) is 0 Å². The van der Waals surface area contributed by atoms with Crippen molar-refractivity contribution in [3.63, 3.8) is 0 Å². The van der Waals surface area contributed by atoms with Crippen LogP contribution in [0, 0.1) is 0 Å². The SMILES string of the molecule is PC(NCc1ccc(Cl)cc1)c1ccccc1. The predicted octanol–water partition coefficient (Wildman–Crippen LogP) is 4.00. The zero-order valence-electron chi connectivity index (χ0n) is 9.44. The molecule has 1 nitrogen and oxygen atoms in total. The normalized spacial score (nSPS) is 12.4. The average molecular weight is 264 g/mol. The first-order valence-electron chi connectivity index (χ1n) is 5.54. The molecule has 0 bridgehead atoms. The van der Waals surface area contributed by atoms with Crippen molar-refractivity contribution in [1.82, 2.24) is 5.32 Å². The van der Waals surface area contributed by atoms with Crippen LogP contribution in [0.25, 0.3) is 0 Å². The molecule has 88 valence electrons. The van der Waals surface area contributed by atoms with Crippen molar-refractivity contribution in [3.8, 4) is 0 Å². The first kappa shape index (κ1) is 12.6. The number of rotatable bonds is 4. The van der Waals surface area contributed by atoms with E-state index in [-0.39, 0.29) is 5.78 Å². The van der Waals surface area contributed by atoms with Gasteiger partial charge in [0.2, 0.25) is 0 Å². The van der Waals surface area contributed by atoms with Gasteiger partial charge in [0.15, 0.2) is 0 Å². The largest absolute Gasteiger partial charge is 0.303 e. The zero-order valence-corrected chi connectivity index (χ0v) is 11.3. The Balaban J connectivity index is 1.92. The van der Waals surface area contributed by atoms with E-state index in [1.54, 1.807) is 0 Å². The average Bonchev–Trinajstić information content (AvgIpc) is 2.39. The number of benzene rings is 2. The Bertz CT molecular complexity index is 455. The van der Waals surface area contributed by atoms with Crippen molar-refractivity contribution in [2.45, 2.75) is 12.3 Å². The molecule has 2 atom stereocenters. The molecule has 0 radical (unpaired) electrons. The lowest BCUT2D eigenvalue weighted by atomic mass is 10.2. The minimum atomic E-state index is 0.270. The van der Waals surface area contributed by atoms with Crippen LogP contribution in [0.15, 0.2) is 54.6 Å². The monoisotopic (exact) mass is 263 g/mol. The van der Waals surface area contributed by atoms with Crippen LogP contribution in [-0.2, 0) is 6.54 Å². The topological polar surface area (TPSA) is 12.0 Å². The van der Waals surface area contributed by atoms with Crippen molar-refractivity contribution in [2.75, 3.05) is 0 Å². The Morgan fingerprint density at radius 3 is 2.29 bits per heavy atom. The van der Waals surface area contributed by atoms with Gasteiger partial charge in [0, 0.05) is 17.4 Å². The van der Waals surface area contributed by atoms with E-state index in [0.717, 1.165) is 11.6 Å². The van der Waals surface area contributed by atoms with Crippen molar-refractivity contribution in [1.29, 1.82) is 0 Å². The second-order valence-electron chi connectivity index (χ2n) is 3.90. The summed E-state index contributed by atoms with van der Waals surface area (Å²) in [4.78, 5) is 0. The van der Waals surface area contributed by atoms with Gasteiger partial charge in [-0.15, -0.1) is 9.24 Å². The molecule has 0 spiro atoms. The summed E-state index contributed by atoms with van der Waals surface area (Å²) >= 11 is 5.85. The van der Waals surface area contributed by atoms with E-state index in [4.69, 9.17) is 11.6 Å². The highest BCUT2D eigenvalue weighted by atomic mass is 35.5. The highest BCUT2D eigenvalue weighted by molar-refractivity contribution is 7.17. The molecule has 2 aromatic rings. The number of hydrogen-bond donors (Lipinski definition) is 1. The minimum absolute atomic E-state index is 0.270. The molecular formula is C14H15ClNP. The highest BCUT2D eigenvalue weighted by Gasteiger charge is 2.03. The van der Waals surface area contributed by atoms with Crippen LogP contribution in [0.5, 0.6) is 0 Å². The molecule has 17 heavy (non-hydrogen) atoms. The van der Waals surface area contributed by atoms with Crippen LogP contribution >= 0.6 is 20.8 Å². The maximum Gasteiger partial charge on any atom is 0.0466 e. The highest BCUT2D eigenvalue weighted by Crippen LogP contribution is 2.20. The van der Waals surface area contributed by atoms with Crippen LogP contribution in [-0.4, -0.2) is 0 Å². The van der Waals surface area contributed by atoms with E-state index in [0.29, 0.717) is 0 Å². The molecule has 0 aliphatic heterocycles. The lowest BCUT2D eigenvalue weighted by Crippen LogP contribution is -2.15. The van der Waals surface area contributed by atoms with Crippen molar-refractivity contribution in [2.24, 2.45) is 0 Å². The van der Waals surface area contributed by atoms with Crippen LogP contribution in [0.3, 0.4) is 0 Å². The molecule has 0 saturated carbocycles. The van der Waals surface area contributed by atoms with Gasteiger partial charge in [-0.05, 0) is 23.3 Å². The summed E-state index contributed by atoms with van der Waals surface area (Å²) < 4.78 is 0. The van der Waals surface area contributed by atoms with E-state index in [9.17, 15) is 0 Å². The first-order chi connectivity index (χ1) is 8.25. The standard InChI is InChI=1S/C14H15ClNP/c15-13-8-6-11(7-9-13)10-16-14(17)12-4-2-1-3-5-12/h1-9,14,16H,10,17H2. The predicted molar refractivity (Wildman–Crippen MR) is 77.2 cm³/mol. The molecule has 0 aliphatic carbocycles. The molecule has 1 N–H and O–H groups in total. The van der Waals surface area contributed by atoms with Crippen LogP contribution in [0.1, 0.15) is 16.9 Å². The van der Waals surface area contributed by atoms with E-state index >= 15 is 0 Å². The van der Waals surface area contributed by atoms with Gasteiger partial charge >= 0.3 is 0 Å². The Morgan fingerprint density at radius 2 is 1.65 bits per heavy atom. The molecule has 2 aromatic carbocycles. The van der Waals surface area contributed by atoms with Gasteiger partial charge in [-0.1, -0.05) is 54.1 Å². The van der Waals surface area contributed by atoms with Crippen LogP contribution in [0.2, 0.25) is 5.02 Å². The van der Waals surface area contributed by atoms with E-state index in [2.05, 4.69) is 38.8 Å². The molecule has 0 amide bonds. The van der Waals surface area contributed by atoms with Gasteiger partial charge in [-0.25, -0.2) is 0 Å².